The van der Waals surface area contributed by atoms with Crippen molar-refractivity contribution in [3.05, 3.63) is 29.8 Å². The molecule has 1 rings (SSSR count). The SMILES string of the molecule is COc1cccc(CNC(=O)C(C)N(C)CCC(C)O)c1. The number of ether oxygens (including phenoxy) is 1. The standard InChI is InChI=1S/C16H26N2O3/c1-12(19)8-9-18(3)13(2)16(20)17-11-14-6-5-7-15(10-14)21-4/h5-7,10,12-13,19H,8-9,11H2,1-4H3,(H,17,20). The Morgan fingerprint density at radius 1 is 1.43 bits per heavy atom. The van der Waals surface area contributed by atoms with Crippen LogP contribution in [0.2, 0.25) is 0 Å². The summed E-state index contributed by atoms with van der Waals surface area (Å²) in [5.41, 5.74) is 1.00. The minimum Gasteiger partial charge on any atom is -0.497 e. The Bertz CT molecular complexity index is 449. The predicted molar refractivity (Wildman–Crippen MR) is 83.2 cm³/mol. The van der Waals surface area contributed by atoms with Gasteiger partial charge in [-0.2, -0.15) is 0 Å². The van der Waals surface area contributed by atoms with Gasteiger partial charge in [0.1, 0.15) is 5.75 Å². The van der Waals surface area contributed by atoms with E-state index in [1.807, 2.05) is 43.1 Å². The van der Waals surface area contributed by atoms with Crippen molar-refractivity contribution in [1.82, 2.24) is 10.2 Å². The molecule has 0 spiro atoms. The molecule has 2 atom stereocenters. The van der Waals surface area contributed by atoms with Crippen LogP contribution in [0.5, 0.6) is 5.75 Å². The Kier molecular flexibility index (Phi) is 7.19. The Hall–Kier alpha value is -1.59. The molecule has 2 unspecified atom stereocenters. The third kappa shape index (κ3) is 6.14. The van der Waals surface area contributed by atoms with E-state index in [2.05, 4.69) is 5.32 Å². The largest absolute Gasteiger partial charge is 0.497 e. The zero-order valence-electron chi connectivity index (χ0n) is 13.3. The molecule has 1 aromatic rings. The van der Waals surface area contributed by atoms with Gasteiger partial charge in [-0.1, -0.05) is 12.1 Å². The highest BCUT2D eigenvalue weighted by Crippen LogP contribution is 2.12. The molecule has 0 aromatic heterocycles. The lowest BCUT2D eigenvalue weighted by Gasteiger charge is -2.24. The fourth-order valence-electron chi connectivity index (χ4n) is 1.90. The van der Waals surface area contributed by atoms with Gasteiger partial charge < -0.3 is 15.2 Å². The summed E-state index contributed by atoms with van der Waals surface area (Å²) in [7, 11) is 3.51. The van der Waals surface area contributed by atoms with Crippen LogP contribution in [0.1, 0.15) is 25.8 Å². The maximum Gasteiger partial charge on any atom is 0.237 e. The molecule has 0 saturated carbocycles. The second-order valence-electron chi connectivity index (χ2n) is 5.36. The van der Waals surface area contributed by atoms with Gasteiger partial charge in [-0.15, -0.1) is 0 Å². The van der Waals surface area contributed by atoms with Gasteiger partial charge in [0.15, 0.2) is 0 Å². The highest BCUT2D eigenvalue weighted by molar-refractivity contribution is 5.81. The average molecular weight is 294 g/mol. The Balaban J connectivity index is 2.44. The molecule has 21 heavy (non-hydrogen) atoms. The van der Waals surface area contributed by atoms with E-state index in [0.29, 0.717) is 19.5 Å². The fourth-order valence-corrected chi connectivity index (χ4v) is 1.90. The Labute approximate surface area is 126 Å². The van der Waals surface area contributed by atoms with Crippen molar-refractivity contribution in [2.24, 2.45) is 0 Å². The number of rotatable bonds is 8. The Morgan fingerprint density at radius 2 is 2.14 bits per heavy atom. The molecule has 0 aliphatic carbocycles. The molecule has 118 valence electrons. The number of aliphatic hydroxyl groups excluding tert-OH is 1. The molecule has 0 heterocycles. The topological polar surface area (TPSA) is 61.8 Å². The van der Waals surface area contributed by atoms with Crippen LogP contribution in [0, 0.1) is 0 Å². The van der Waals surface area contributed by atoms with Crippen molar-refractivity contribution in [1.29, 1.82) is 0 Å². The van der Waals surface area contributed by atoms with Gasteiger partial charge in [0.05, 0.1) is 19.3 Å². The number of methoxy groups -OCH3 is 1. The molecule has 1 aromatic carbocycles. The first-order valence-corrected chi connectivity index (χ1v) is 7.23. The van der Waals surface area contributed by atoms with Gasteiger partial charge in [-0.25, -0.2) is 0 Å². The zero-order valence-corrected chi connectivity index (χ0v) is 13.3. The molecule has 0 aliphatic heterocycles. The van der Waals surface area contributed by atoms with E-state index in [4.69, 9.17) is 4.74 Å². The Morgan fingerprint density at radius 3 is 2.76 bits per heavy atom. The van der Waals surface area contributed by atoms with Crippen LogP contribution in [0.25, 0.3) is 0 Å². The first-order chi connectivity index (χ1) is 9.93. The summed E-state index contributed by atoms with van der Waals surface area (Å²) in [5, 5.41) is 12.2. The summed E-state index contributed by atoms with van der Waals surface area (Å²) in [4.78, 5) is 14.0. The molecule has 2 N–H and O–H groups in total. The number of benzene rings is 1. The minimum atomic E-state index is -0.348. The minimum absolute atomic E-state index is 0.0223. The number of carbonyl (C=O) groups is 1. The smallest absolute Gasteiger partial charge is 0.237 e. The number of aliphatic hydroxyl groups is 1. The van der Waals surface area contributed by atoms with Crippen molar-refractivity contribution >= 4 is 5.91 Å². The van der Waals surface area contributed by atoms with Crippen molar-refractivity contribution in [2.75, 3.05) is 20.7 Å². The van der Waals surface area contributed by atoms with E-state index in [-0.39, 0.29) is 18.1 Å². The van der Waals surface area contributed by atoms with E-state index in [1.165, 1.54) is 0 Å². The monoisotopic (exact) mass is 294 g/mol. The molecular formula is C16H26N2O3. The fraction of sp³-hybridized carbons (Fsp3) is 0.562. The second kappa shape index (κ2) is 8.64. The summed E-state index contributed by atoms with van der Waals surface area (Å²) < 4.78 is 5.16. The molecule has 0 aliphatic rings. The molecule has 1 amide bonds. The van der Waals surface area contributed by atoms with Crippen molar-refractivity contribution in [2.45, 2.75) is 39.0 Å². The lowest BCUT2D eigenvalue weighted by molar-refractivity contribution is -0.125. The van der Waals surface area contributed by atoms with Crippen molar-refractivity contribution < 1.29 is 14.6 Å². The molecule has 5 heteroatoms. The number of carbonyl (C=O) groups excluding carboxylic acids is 1. The van der Waals surface area contributed by atoms with Crippen LogP contribution in [0.15, 0.2) is 24.3 Å². The van der Waals surface area contributed by atoms with Crippen LogP contribution in [-0.4, -0.2) is 48.8 Å². The molecule has 5 nitrogen and oxygen atoms in total. The van der Waals surface area contributed by atoms with Crippen LogP contribution in [0.3, 0.4) is 0 Å². The van der Waals surface area contributed by atoms with Gasteiger partial charge >= 0.3 is 0 Å². The highest BCUT2D eigenvalue weighted by Gasteiger charge is 2.17. The van der Waals surface area contributed by atoms with E-state index in [9.17, 15) is 9.90 Å². The van der Waals surface area contributed by atoms with E-state index >= 15 is 0 Å². The summed E-state index contributed by atoms with van der Waals surface area (Å²) in [6.07, 6.45) is 0.309. The molecule has 0 saturated heterocycles. The van der Waals surface area contributed by atoms with Gasteiger partial charge in [-0.3, -0.25) is 9.69 Å². The molecule has 0 radical (unpaired) electrons. The summed E-state index contributed by atoms with van der Waals surface area (Å²) in [6, 6.07) is 7.40. The second-order valence-corrected chi connectivity index (χ2v) is 5.36. The normalized spacial score (nSPS) is 13.8. The third-order valence-corrected chi connectivity index (χ3v) is 3.54. The number of amides is 1. The lowest BCUT2D eigenvalue weighted by atomic mass is 10.2. The van der Waals surface area contributed by atoms with Gasteiger partial charge in [0, 0.05) is 13.1 Å². The van der Waals surface area contributed by atoms with Crippen molar-refractivity contribution in [3.8, 4) is 5.75 Å². The first-order valence-electron chi connectivity index (χ1n) is 7.23. The van der Waals surface area contributed by atoms with Crippen LogP contribution in [-0.2, 0) is 11.3 Å². The number of nitrogens with zero attached hydrogens (tertiary/aromatic N) is 1. The maximum absolute atomic E-state index is 12.1. The predicted octanol–water partition coefficient (Wildman–Crippen LogP) is 1.40. The van der Waals surface area contributed by atoms with Crippen LogP contribution >= 0.6 is 0 Å². The molecular weight excluding hydrogens is 268 g/mol. The summed E-state index contributed by atoms with van der Waals surface area (Å²) in [5.74, 6) is 0.759. The molecule has 0 fully saturated rings. The highest BCUT2D eigenvalue weighted by atomic mass is 16.5. The quantitative estimate of drug-likeness (QED) is 0.761. The van der Waals surface area contributed by atoms with Gasteiger partial charge in [-0.05, 0) is 45.0 Å². The van der Waals surface area contributed by atoms with E-state index < -0.39 is 0 Å². The molecule has 0 bridgehead atoms. The van der Waals surface area contributed by atoms with Gasteiger partial charge in [0.25, 0.3) is 0 Å². The lowest BCUT2D eigenvalue weighted by Crippen LogP contribution is -2.43. The average Bonchev–Trinajstić information content (AvgIpc) is 2.49. The number of nitrogens with one attached hydrogen (secondary N) is 1. The van der Waals surface area contributed by atoms with E-state index in [0.717, 1.165) is 11.3 Å². The zero-order chi connectivity index (χ0) is 15.8. The maximum atomic E-state index is 12.1. The van der Waals surface area contributed by atoms with Crippen LogP contribution in [0.4, 0.5) is 0 Å². The van der Waals surface area contributed by atoms with Gasteiger partial charge in [0.2, 0.25) is 5.91 Å². The number of hydrogen-bond acceptors (Lipinski definition) is 4. The van der Waals surface area contributed by atoms with Crippen molar-refractivity contribution in [3.63, 3.8) is 0 Å². The van der Waals surface area contributed by atoms with Crippen LogP contribution < -0.4 is 10.1 Å². The summed E-state index contributed by atoms with van der Waals surface area (Å²) >= 11 is 0. The van der Waals surface area contributed by atoms with E-state index in [1.54, 1.807) is 14.0 Å². The third-order valence-electron chi connectivity index (χ3n) is 3.54. The number of hydrogen-bond donors (Lipinski definition) is 2. The summed E-state index contributed by atoms with van der Waals surface area (Å²) in [6.45, 7) is 4.78. The number of likely N-dealkylation sites (N-methyl/N-ethyl adjacent to an activating group) is 1. The first kappa shape index (κ1) is 17.5.